The topological polar surface area (TPSA) is 63.3 Å². The van der Waals surface area contributed by atoms with E-state index in [1.165, 1.54) is 0 Å². The zero-order chi connectivity index (χ0) is 10.7. The van der Waals surface area contributed by atoms with Crippen LogP contribution < -0.4 is 5.73 Å². The van der Waals surface area contributed by atoms with Crippen molar-refractivity contribution in [3.05, 3.63) is 0 Å². The molecule has 0 rings (SSSR count). The highest BCUT2D eigenvalue weighted by Crippen LogP contribution is 2.49. The molecule has 0 aromatic rings. The van der Waals surface area contributed by atoms with Crippen LogP contribution in [0.15, 0.2) is 0 Å². The van der Waals surface area contributed by atoms with Crippen LogP contribution in [-0.2, 0) is 4.57 Å². The average Bonchev–Trinajstić information content (AvgIpc) is 1.98. The fraction of sp³-hybridized carbons (Fsp3) is 1.00. The average molecular weight is 262 g/mol. The first-order valence-corrected chi connectivity index (χ1v) is 6.87. The minimum absolute atomic E-state index is 0. The van der Waals surface area contributed by atoms with Crippen molar-refractivity contribution in [2.75, 3.05) is 6.16 Å². The summed E-state index contributed by atoms with van der Waals surface area (Å²) in [6.07, 6.45) is 1.95. The van der Waals surface area contributed by atoms with Crippen LogP contribution in [0, 0.1) is 0 Å². The van der Waals surface area contributed by atoms with E-state index >= 15 is 0 Å². The minimum Gasteiger partial charge on any atom is -0.343 e. The Hall–Kier alpha value is 0.790. The molecule has 2 atom stereocenters. The maximum atomic E-state index is 11.7. The maximum Gasteiger partial charge on any atom is 0.218 e. The fourth-order valence-electron chi connectivity index (χ4n) is 1.02. The summed E-state index contributed by atoms with van der Waals surface area (Å²) >= 11 is 4.21. The van der Waals surface area contributed by atoms with E-state index in [1.54, 1.807) is 13.8 Å². The third-order valence-corrected chi connectivity index (χ3v) is 4.94. The van der Waals surface area contributed by atoms with E-state index in [4.69, 9.17) is 5.73 Å². The van der Waals surface area contributed by atoms with Gasteiger partial charge in [-0.3, -0.25) is 4.57 Å². The Morgan fingerprint density at radius 3 is 2.29 bits per heavy atom. The summed E-state index contributed by atoms with van der Waals surface area (Å²) in [5, 5.41) is 0. The molecule has 0 radical (unpaired) electrons. The highest BCUT2D eigenvalue weighted by atomic mass is 35.5. The first-order valence-electron chi connectivity index (χ1n) is 4.51. The van der Waals surface area contributed by atoms with Gasteiger partial charge in [-0.25, -0.2) is 0 Å². The lowest BCUT2D eigenvalue weighted by molar-refractivity contribution is 0.447. The highest BCUT2D eigenvalue weighted by molar-refractivity contribution is 7.82. The molecule has 2 unspecified atom stereocenters. The lowest BCUT2D eigenvalue weighted by Gasteiger charge is -2.29. The minimum atomic E-state index is -3.22. The van der Waals surface area contributed by atoms with E-state index < -0.39 is 17.9 Å². The molecular formula is C8H21ClNO2PS. The fourth-order valence-corrected chi connectivity index (χ4v) is 3.59. The molecule has 0 aromatic carbocycles. The van der Waals surface area contributed by atoms with E-state index in [2.05, 4.69) is 12.6 Å². The van der Waals surface area contributed by atoms with Crippen molar-refractivity contribution in [1.82, 2.24) is 0 Å². The number of thiol groups is 1. The molecule has 0 aliphatic rings. The number of nitrogens with two attached hydrogens (primary N) is 1. The first kappa shape index (κ1) is 17.2. The number of hydrogen-bond acceptors (Lipinski definition) is 3. The maximum absolute atomic E-state index is 11.7. The van der Waals surface area contributed by atoms with Crippen LogP contribution in [-0.4, -0.2) is 21.6 Å². The standard InChI is InChI=1S/C8H20NO2PS.ClH/c1-4-5-6-12(10,11)7(9)8(2,3)13;/h7,13H,4-6,9H2,1-3H3,(H,10,11);1H. The van der Waals surface area contributed by atoms with Gasteiger partial charge in [-0.2, -0.15) is 12.6 Å². The van der Waals surface area contributed by atoms with Crippen molar-refractivity contribution < 1.29 is 9.46 Å². The predicted octanol–water partition coefficient (Wildman–Crippen LogP) is 2.47. The van der Waals surface area contributed by atoms with Crippen LogP contribution in [0.5, 0.6) is 0 Å². The van der Waals surface area contributed by atoms with Gasteiger partial charge in [0.15, 0.2) is 0 Å². The van der Waals surface area contributed by atoms with Gasteiger partial charge < -0.3 is 10.6 Å². The van der Waals surface area contributed by atoms with Crippen LogP contribution in [0.3, 0.4) is 0 Å². The number of unbranched alkanes of at least 4 members (excludes halogenated alkanes) is 1. The van der Waals surface area contributed by atoms with Crippen molar-refractivity contribution in [2.24, 2.45) is 5.73 Å². The van der Waals surface area contributed by atoms with Gasteiger partial charge in [0.25, 0.3) is 0 Å². The molecule has 0 aromatic heterocycles. The molecule has 0 heterocycles. The van der Waals surface area contributed by atoms with Gasteiger partial charge in [0.05, 0.1) is 5.78 Å². The Kier molecular flexibility index (Phi) is 7.85. The monoisotopic (exact) mass is 261 g/mol. The summed E-state index contributed by atoms with van der Waals surface area (Å²) in [4.78, 5) is 9.63. The number of hydrogen-bond donors (Lipinski definition) is 3. The van der Waals surface area contributed by atoms with Gasteiger partial charge in [-0.1, -0.05) is 13.3 Å². The van der Waals surface area contributed by atoms with Gasteiger partial charge in [0.1, 0.15) is 0 Å². The molecule has 3 nitrogen and oxygen atoms in total. The zero-order valence-electron chi connectivity index (χ0n) is 8.93. The molecule has 0 aliphatic carbocycles. The second kappa shape index (κ2) is 6.39. The van der Waals surface area contributed by atoms with Crippen molar-refractivity contribution in [3.8, 4) is 0 Å². The van der Waals surface area contributed by atoms with Gasteiger partial charge >= 0.3 is 0 Å². The van der Waals surface area contributed by atoms with Crippen LogP contribution in [0.25, 0.3) is 0 Å². The van der Waals surface area contributed by atoms with Crippen molar-refractivity contribution in [3.63, 3.8) is 0 Å². The Morgan fingerprint density at radius 2 is 2.00 bits per heavy atom. The summed E-state index contributed by atoms with van der Waals surface area (Å²) in [6, 6.07) is 0. The molecule has 0 saturated carbocycles. The summed E-state index contributed by atoms with van der Waals surface area (Å²) in [7, 11) is -3.22. The molecule has 0 spiro atoms. The first-order chi connectivity index (χ1) is 5.72. The Balaban J connectivity index is 0. The third-order valence-electron chi connectivity index (χ3n) is 1.99. The molecular weight excluding hydrogens is 241 g/mol. The summed E-state index contributed by atoms with van der Waals surface area (Å²) in [6.45, 7) is 5.50. The summed E-state index contributed by atoms with van der Waals surface area (Å²) < 4.78 is 11.1. The largest absolute Gasteiger partial charge is 0.343 e. The lowest BCUT2D eigenvalue weighted by Crippen LogP contribution is -2.39. The van der Waals surface area contributed by atoms with E-state index in [-0.39, 0.29) is 12.4 Å². The Bertz CT molecular complexity index is 208. The van der Waals surface area contributed by atoms with Gasteiger partial charge in [-0.15, -0.1) is 12.4 Å². The smallest absolute Gasteiger partial charge is 0.218 e. The molecule has 3 N–H and O–H groups in total. The molecule has 88 valence electrons. The second-order valence-corrected chi connectivity index (χ2v) is 7.60. The summed E-state index contributed by atoms with van der Waals surface area (Å²) in [5.74, 6) is -0.741. The molecule has 0 bridgehead atoms. The summed E-state index contributed by atoms with van der Waals surface area (Å²) in [5.41, 5.74) is 5.68. The molecule has 6 heteroatoms. The van der Waals surface area contributed by atoms with E-state index in [9.17, 15) is 9.46 Å². The van der Waals surface area contributed by atoms with Gasteiger partial charge in [-0.05, 0) is 20.3 Å². The van der Waals surface area contributed by atoms with Crippen molar-refractivity contribution in [2.45, 2.75) is 44.1 Å². The van der Waals surface area contributed by atoms with E-state index in [1.807, 2.05) is 6.92 Å². The van der Waals surface area contributed by atoms with Crippen LogP contribution >= 0.6 is 32.4 Å². The Labute approximate surface area is 98.1 Å². The SMILES string of the molecule is CCCCP(=O)(O)C(N)C(C)(C)S.Cl. The lowest BCUT2D eigenvalue weighted by atomic mass is 10.2. The quantitative estimate of drug-likeness (QED) is 0.526. The van der Waals surface area contributed by atoms with Crippen molar-refractivity contribution in [1.29, 1.82) is 0 Å². The molecule has 0 aliphatic heterocycles. The van der Waals surface area contributed by atoms with E-state index in [0.717, 1.165) is 12.8 Å². The second-order valence-electron chi connectivity index (χ2n) is 3.93. The number of rotatable bonds is 5. The van der Waals surface area contributed by atoms with Crippen LogP contribution in [0.1, 0.15) is 33.6 Å². The van der Waals surface area contributed by atoms with Gasteiger partial charge in [0.2, 0.25) is 7.37 Å². The van der Waals surface area contributed by atoms with Gasteiger partial charge in [0, 0.05) is 10.9 Å². The zero-order valence-corrected chi connectivity index (χ0v) is 11.5. The molecule has 14 heavy (non-hydrogen) atoms. The van der Waals surface area contributed by atoms with E-state index in [0.29, 0.717) is 6.16 Å². The molecule has 0 fully saturated rings. The normalized spacial score (nSPS) is 18.1. The Morgan fingerprint density at radius 1 is 1.57 bits per heavy atom. The molecule has 0 saturated heterocycles. The van der Waals surface area contributed by atoms with Crippen LogP contribution in [0.2, 0.25) is 0 Å². The third kappa shape index (κ3) is 5.62. The van der Waals surface area contributed by atoms with Crippen molar-refractivity contribution >= 4 is 32.4 Å². The number of halogens is 1. The predicted molar refractivity (Wildman–Crippen MR) is 67.9 cm³/mol. The van der Waals surface area contributed by atoms with Crippen LogP contribution in [0.4, 0.5) is 0 Å². The highest BCUT2D eigenvalue weighted by Gasteiger charge is 2.36. The molecule has 0 amide bonds.